The maximum atomic E-state index is 12.3. The molecule has 0 aromatic heterocycles. The molecule has 0 aromatic rings. The van der Waals surface area contributed by atoms with E-state index in [9.17, 15) is 9.59 Å². The van der Waals surface area contributed by atoms with Gasteiger partial charge in [0.1, 0.15) is 5.60 Å². The SMILES string of the molecule is CC(C)(C)OC(=O)N1CCN(CCCNC(=O)C2CC3CCC2C3)CC1. The largest absolute Gasteiger partial charge is 0.444 e. The fourth-order valence-electron chi connectivity index (χ4n) is 4.69. The third-order valence-corrected chi connectivity index (χ3v) is 6.05. The Balaban J connectivity index is 1.27. The van der Waals surface area contributed by atoms with Crippen molar-refractivity contribution in [3.05, 3.63) is 0 Å². The van der Waals surface area contributed by atoms with Crippen LogP contribution in [0.25, 0.3) is 0 Å². The second-order valence-corrected chi connectivity index (χ2v) is 9.23. The molecule has 3 rings (SSSR count). The van der Waals surface area contributed by atoms with Crippen LogP contribution in [0.1, 0.15) is 52.9 Å². The van der Waals surface area contributed by atoms with Crippen LogP contribution in [0, 0.1) is 17.8 Å². The standard InChI is InChI=1S/C20H35N3O3/c1-20(2,3)26-19(25)23-11-9-22(10-12-23)8-4-7-21-18(24)17-14-15-5-6-16(17)13-15/h15-17H,4-14H2,1-3H3,(H,21,24). The highest BCUT2D eigenvalue weighted by molar-refractivity contribution is 5.79. The molecule has 6 nitrogen and oxygen atoms in total. The van der Waals surface area contributed by atoms with Crippen molar-refractivity contribution < 1.29 is 14.3 Å². The Morgan fingerprint density at radius 2 is 1.81 bits per heavy atom. The van der Waals surface area contributed by atoms with Gasteiger partial charge in [0, 0.05) is 38.6 Å². The first-order valence-corrected chi connectivity index (χ1v) is 10.3. The van der Waals surface area contributed by atoms with Gasteiger partial charge < -0.3 is 15.0 Å². The van der Waals surface area contributed by atoms with Gasteiger partial charge in [-0.1, -0.05) is 6.42 Å². The van der Waals surface area contributed by atoms with Crippen LogP contribution in [0.5, 0.6) is 0 Å². The molecule has 2 amide bonds. The first-order chi connectivity index (χ1) is 12.3. The summed E-state index contributed by atoms with van der Waals surface area (Å²) >= 11 is 0. The van der Waals surface area contributed by atoms with Gasteiger partial charge >= 0.3 is 6.09 Å². The zero-order valence-corrected chi connectivity index (χ0v) is 16.6. The number of ether oxygens (including phenoxy) is 1. The van der Waals surface area contributed by atoms with Gasteiger partial charge in [0.15, 0.2) is 0 Å². The molecular weight excluding hydrogens is 330 g/mol. The molecule has 2 aliphatic carbocycles. The zero-order valence-electron chi connectivity index (χ0n) is 16.6. The minimum absolute atomic E-state index is 0.213. The number of hydrogen-bond donors (Lipinski definition) is 1. The zero-order chi connectivity index (χ0) is 18.7. The number of piperazine rings is 1. The van der Waals surface area contributed by atoms with E-state index in [0.29, 0.717) is 19.0 Å². The van der Waals surface area contributed by atoms with Gasteiger partial charge in [-0.25, -0.2) is 4.79 Å². The number of amides is 2. The average Bonchev–Trinajstić information content (AvgIpc) is 3.21. The Hall–Kier alpha value is -1.30. The van der Waals surface area contributed by atoms with Gasteiger partial charge in [-0.15, -0.1) is 0 Å². The molecule has 3 aliphatic rings. The first kappa shape index (κ1) is 19.5. The summed E-state index contributed by atoms with van der Waals surface area (Å²) in [6.07, 6.45) is 5.74. The third kappa shape index (κ3) is 5.12. The number of carbonyl (C=O) groups excluding carboxylic acids is 2. The van der Waals surface area contributed by atoms with Gasteiger partial charge in [0.05, 0.1) is 0 Å². The van der Waals surface area contributed by atoms with Crippen molar-refractivity contribution in [1.82, 2.24) is 15.1 Å². The molecule has 2 bridgehead atoms. The van der Waals surface area contributed by atoms with Crippen molar-refractivity contribution in [3.63, 3.8) is 0 Å². The number of carbonyl (C=O) groups is 2. The molecule has 26 heavy (non-hydrogen) atoms. The number of rotatable bonds is 5. The van der Waals surface area contributed by atoms with Crippen molar-refractivity contribution in [1.29, 1.82) is 0 Å². The smallest absolute Gasteiger partial charge is 0.410 e. The Bertz CT molecular complexity index is 509. The van der Waals surface area contributed by atoms with Crippen molar-refractivity contribution in [2.24, 2.45) is 17.8 Å². The fraction of sp³-hybridized carbons (Fsp3) is 0.900. The summed E-state index contributed by atoms with van der Waals surface area (Å²) < 4.78 is 5.43. The van der Waals surface area contributed by atoms with Crippen LogP contribution in [0.3, 0.4) is 0 Å². The number of fused-ring (bicyclic) bond motifs is 2. The van der Waals surface area contributed by atoms with Gasteiger partial charge in [-0.3, -0.25) is 9.69 Å². The van der Waals surface area contributed by atoms with E-state index in [1.165, 1.54) is 19.3 Å². The lowest BCUT2D eigenvalue weighted by molar-refractivity contribution is -0.126. The second kappa shape index (κ2) is 8.15. The third-order valence-electron chi connectivity index (χ3n) is 6.05. The van der Waals surface area contributed by atoms with Gasteiger partial charge in [-0.2, -0.15) is 0 Å². The highest BCUT2D eigenvalue weighted by Gasteiger charge is 2.42. The van der Waals surface area contributed by atoms with Crippen molar-refractivity contribution in [3.8, 4) is 0 Å². The lowest BCUT2D eigenvalue weighted by Crippen LogP contribution is -2.50. The Labute approximate surface area is 157 Å². The topological polar surface area (TPSA) is 61.9 Å². The summed E-state index contributed by atoms with van der Waals surface area (Å²) in [4.78, 5) is 28.6. The van der Waals surface area contributed by atoms with Gasteiger partial charge in [0.2, 0.25) is 5.91 Å². The summed E-state index contributed by atoms with van der Waals surface area (Å²) in [5.74, 6) is 2.04. The van der Waals surface area contributed by atoms with Crippen LogP contribution in [0.4, 0.5) is 4.79 Å². The van der Waals surface area contributed by atoms with Gasteiger partial charge in [0.25, 0.3) is 0 Å². The molecule has 1 N–H and O–H groups in total. The van der Waals surface area contributed by atoms with E-state index in [1.807, 2.05) is 20.8 Å². The molecular formula is C20H35N3O3. The lowest BCUT2D eigenvalue weighted by Gasteiger charge is -2.35. The van der Waals surface area contributed by atoms with E-state index in [4.69, 9.17) is 4.74 Å². The minimum atomic E-state index is -0.439. The summed E-state index contributed by atoms with van der Waals surface area (Å²) in [6, 6.07) is 0. The van der Waals surface area contributed by atoms with Crippen LogP contribution in [-0.2, 0) is 9.53 Å². The summed E-state index contributed by atoms with van der Waals surface area (Å²) in [5.41, 5.74) is -0.439. The highest BCUT2D eigenvalue weighted by Crippen LogP contribution is 2.48. The van der Waals surface area contributed by atoms with Crippen LogP contribution in [0.2, 0.25) is 0 Å². The summed E-state index contributed by atoms with van der Waals surface area (Å²) in [7, 11) is 0. The Morgan fingerprint density at radius 1 is 1.08 bits per heavy atom. The monoisotopic (exact) mass is 365 g/mol. The molecule has 3 fully saturated rings. The Morgan fingerprint density at radius 3 is 2.38 bits per heavy atom. The van der Waals surface area contributed by atoms with E-state index < -0.39 is 5.60 Å². The predicted octanol–water partition coefficient (Wildman–Crippen LogP) is 2.48. The van der Waals surface area contributed by atoms with Crippen LogP contribution in [-0.4, -0.2) is 66.7 Å². The van der Waals surface area contributed by atoms with Crippen LogP contribution < -0.4 is 5.32 Å². The van der Waals surface area contributed by atoms with E-state index in [2.05, 4.69) is 10.2 Å². The van der Waals surface area contributed by atoms with Crippen LogP contribution >= 0.6 is 0 Å². The maximum Gasteiger partial charge on any atom is 0.410 e. The molecule has 6 heteroatoms. The molecule has 0 aromatic carbocycles. The van der Waals surface area contributed by atoms with Crippen molar-refractivity contribution in [2.75, 3.05) is 39.3 Å². The molecule has 148 valence electrons. The van der Waals surface area contributed by atoms with Gasteiger partial charge in [-0.05, 0) is 64.8 Å². The van der Waals surface area contributed by atoms with E-state index in [1.54, 1.807) is 4.90 Å². The summed E-state index contributed by atoms with van der Waals surface area (Å²) in [5, 5.41) is 3.15. The predicted molar refractivity (Wildman–Crippen MR) is 101 cm³/mol. The van der Waals surface area contributed by atoms with E-state index in [0.717, 1.165) is 44.9 Å². The molecule has 0 spiro atoms. The molecule has 1 saturated heterocycles. The Kier molecular flexibility index (Phi) is 6.10. The lowest BCUT2D eigenvalue weighted by atomic mass is 9.88. The minimum Gasteiger partial charge on any atom is -0.444 e. The maximum absolute atomic E-state index is 12.3. The molecule has 0 radical (unpaired) electrons. The number of nitrogens with zero attached hydrogens (tertiary/aromatic N) is 2. The molecule has 1 heterocycles. The highest BCUT2D eigenvalue weighted by atomic mass is 16.6. The van der Waals surface area contributed by atoms with E-state index >= 15 is 0 Å². The molecule has 3 unspecified atom stereocenters. The normalized spacial score (nSPS) is 29.0. The summed E-state index contributed by atoms with van der Waals surface area (Å²) in [6.45, 7) is 10.6. The molecule has 3 atom stereocenters. The van der Waals surface area contributed by atoms with Crippen molar-refractivity contribution >= 4 is 12.0 Å². The second-order valence-electron chi connectivity index (χ2n) is 9.23. The molecule has 2 saturated carbocycles. The fourth-order valence-corrected chi connectivity index (χ4v) is 4.69. The first-order valence-electron chi connectivity index (χ1n) is 10.3. The van der Waals surface area contributed by atoms with Crippen LogP contribution in [0.15, 0.2) is 0 Å². The number of hydrogen-bond acceptors (Lipinski definition) is 4. The van der Waals surface area contributed by atoms with Crippen molar-refractivity contribution in [2.45, 2.75) is 58.5 Å². The molecule has 1 aliphatic heterocycles. The quantitative estimate of drug-likeness (QED) is 0.761. The average molecular weight is 366 g/mol. The number of nitrogens with one attached hydrogen (secondary N) is 1. The van der Waals surface area contributed by atoms with E-state index in [-0.39, 0.29) is 17.9 Å².